The predicted molar refractivity (Wildman–Crippen MR) is 102 cm³/mol. The van der Waals surface area contributed by atoms with E-state index in [-0.39, 0.29) is 15.7 Å². The number of ether oxygens (including phenoxy) is 1. The van der Waals surface area contributed by atoms with E-state index in [1.807, 2.05) is 0 Å². The number of rotatable bonds is 4. The molecule has 2 N–H and O–H groups in total. The minimum Gasteiger partial charge on any atom is -0.379 e. The first kappa shape index (κ1) is 19.6. The summed E-state index contributed by atoms with van der Waals surface area (Å²) in [5, 5.41) is 5.53. The van der Waals surface area contributed by atoms with Crippen molar-refractivity contribution in [2.75, 3.05) is 36.9 Å². The number of nitrogens with one attached hydrogen (secondary N) is 2. The van der Waals surface area contributed by atoms with Gasteiger partial charge in [0.25, 0.3) is 0 Å². The first-order valence-corrected chi connectivity index (χ1v) is 9.92. The molecule has 6 nitrogen and oxygen atoms in total. The molecule has 2 aromatic rings. The Labute approximate surface area is 161 Å². The molecule has 1 heterocycles. The van der Waals surface area contributed by atoms with Crippen LogP contribution in [0.5, 0.6) is 0 Å². The van der Waals surface area contributed by atoms with Crippen molar-refractivity contribution < 1.29 is 21.9 Å². The van der Waals surface area contributed by atoms with Gasteiger partial charge in [-0.15, -0.1) is 0 Å². The van der Waals surface area contributed by atoms with E-state index in [0.717, 1.165) is 12.1 Å². The zero-order valence-corrected chi connectivity index (χ0v) is 15.7. The highest BCUT2D eigenvalue weighted by Crippen LogP contribution is 2.20. The smallest absolute Gasteiger partial charge is 0.243 e. The third kappa shape index (κ3) is 4.78. The molecule has 1 saturated heterocycles. The van der Waals surface area contributed by atoms with Gasteiger partial charge in [-0.25, -0.2) is 17.2 Å². The number of thiocarbonyl (C=S) groups is 1. The van der Waals surface area contributed by atoms with Crippen LogP contribution in [0.1, 0.15) is 0 Å². The maximum Gasteiger partial charge on any atom is 0.243 e. The van der Waals surface area contributed by atoms with Gasteiger partial charge < -0.3 is 15.4 Å². The Kier molecular flexibility index (Phi) is 6.00. The van der Waals surface area contributed by atoms with Crippen LogP contribution in [0.25, 0.3) is 0 Å². The highest BCUT2D eigenvalue weighted by atomic mass is 32.2. The molecule has 0 unspecified atom stereocenters. The quantitative estimate of drug-likeness (QED) is 0.752. The van der Waals surface area contributed by atoms with E-state index < -0.39 is 21.7 Å². The van der Waals surface area contributed by atoms with Gasteiger partial charge in [0.1, 0.15) is 11.6 Å². The monoisotopic (exact) mass is 413 g/mol. The Morgan fingerprint density at radius 3 is 2.33 bits per heavy atom. The van der Waals surface area contributed by atoms with E-state index >= 15 is 0 Å². The van der Waals surface area contributed by atoms with Crippen LogP contribution >= 0.6 is 12.2 Å². The standard InChI is InChI=1S/C17H17F2N3O3S2/c18-12-1-6-16(15(19)11-12)21-17(26)20-13-2-4-14(5-3-13)27(23,24)22-7-9-25-10-8-22/h1-6,11H,7-10H2,(H2,20,21,26). The molecule has 0 bridgehead atoms. The number of nitrogens with zero attached hydrogens (tertiary/aromatic N) is 1. The lowest BCUT2D eigenvalue weighted by molar-refractivity contribution is 0.0730. The maximum atomic E-state index is 13.6. The molecule has 3 rings (SSSR count). The van der Waals surface area contributed by atoms with Gasteiger partial charge in [-0.1, -0.05) is 0 Å². The van der Waals surface area contributed by atoms with E-state index in [2.05, 4.69) is 10.6 Å². The van der Waals surface area contributed by atoms with Crippen molar-refractivity contribution in [3.05, 3.63) is 54.1 Å². The number of halogens is 2. The van der Waals surface area contributed by atoms with Crippen molar-refractivity contribution in [1.29, 1.82) is 0 Å². The molecule has 0 aliphatic carbocycles. The van der Waals surface area contributed by atoms with Crippen LogP contribution < -0.4 is 10.6 Å². The van der Waals surface area contributed by atoms with Crippen molar-refractivity contribution in [2.45, 2.75) is 4.90 Å². The van der Waals surface area contributed by atoms with Gasteiger partial charge in [-0.05, 0) is 48.6 Å². The molecule has 10 heteroatoms. The molecule has 1 aliphatic rings. The summed E-state index contributed by atoms with van der Waals surface area (Å²) >= 11 is 5.10. The fourth-order valence-corrected chi connectivity index (χ4v) is 4.16. The Balaban J connectivity index is 1.65. The van der Waals surface area contributed by atoms with Crippen LogP contribution in [0.2, 0.25) is 0 Å². The third-order valence-corrected chi connectivity index (χ3v) is 6.02. The number of anilines is 2. The van der Waals surface area contributed by atoms with Gasteiger partial charge in [0.2, 0.25) is 10.0 Å². The van der Waals surface area contributed by atoms with Crippen LogP contribution in [0.4, 0.5) is 20.2 Å². The largest absolute Gasteiger partial charge is 0.379 e. The fraction of sp³-hybridized carbons (Fsp3) is 0.235. The first-order valence-electron chi connectivity index (χ1n) is 8.07. The van der Waals surface area contributed by atoms with Crippen molar-refractivity contribution in [3.8, 4) is 0 Å². The Bertz CT molecular complexity index is 931. The lowest BCUT2D eigenvalue weighted by Crippen LogP contribution is -2.40. The molecule has 0 saturated carbocycles. The van der Waals surface area contributed by atoms with Gasteiger partial charge in [0.15, 0.2) is 5.11 Å². The molecule has 144 valence electrons. The second-order valence-corrected chi connectivity index (χ2v) is 8.09. The lowest BCUT2D eigenvalue weighted by atomic mass is 10.3. The highest BCUT2D eigenvalue weighted by Gasteiger charge is 2.26. The van der Waals surface area contributed by atoms with Gasteiger partial charge in [0, 0.05) is 24.8 Å². The van der Waals surface area contributed by atoms with E-state index in [1.165, 1.54) is 22.5 Å². The zero-order chi connectivity index (χ0) is 19.4. The normalized spacial score (nSPS) is 15.3. The summed E-state index contributed by atoms with van der Waals surface area (Å²) in [6.07, 6.45) is 0. The highest BCUT2D eigenvalue weighted by molar-refractivity contribution is 7.89. The number of sulfonamides is 1. The molecule has 27 heavy (non-hydrogen) atoms. The molecule has 0 amide bonds. The first-order chi connectivity index (χ1) is 12.9. The summed E-state index contributed by atoms with van der Waals surface area (Å²) in [4.78, 5) is 0.165. The topological polar surface area (TPSA) is 70.7 Å². The fourth-order valence-electron chi connectivity index (χ4n) is 2.52. The van der Waals surface area contributed by atoms with E-state index in [1.54, 1.807) is 12.1 Å². The molecular weight excluding hydrogens is 396 g/mol. The van der Waals surface area contributed by atoms with E-state index in [4.69, 9.17) is 17.0 Å². The van der Waals surface area contributed by atoms with E-state index in [9.17, 15) is 17.2 Å². The van der Waals surface area contributed by atoms with Crippen LogP contribution in [0, 0.1) is 11.6 Å². The van der Waals surface area contributed by atoms with Crippen molar-refractivity contribution >= 4 is 38.7 Å². The Morgan fingerprint density at radius 1 is 1.04 bits per heavy atom. The van der Waals surface area contributed by atoms with Gasteiger partial charge in [-0.3, -0.25) is 0 Å². The summed E-state index contributed by atoms with van der Waals surface area (Å²) < 4.78 is 58.2. The maximum absolute atomic E-state index is 13.6. The number of hydrogen-bond donors (Lipinski definition) is 2. The summed E-state index contributed by atoms with van der Waals surface area (Å²) in [5.74, 6) is -1.46. The molecule has 0 atom stereocenters. The molecule has 0 radical (unpaired) electrons. The van der Waals surface area contributed by atoms with Gasteiger partial charge in [0.05, 0.1) is 23.8 Å². The summed E-state index contributed by atoms with van der Waals surface area (Å²) in [6, 6.07) is 9.14. The van der Waals surface area contributed by atoms with Crippen molar-refractivity contribution in [2.24, 2.45) is 0 Å². The second-order valence-electron chi connectivity index (χ2n) is 5.74. The van der Waals surface area contributed by atoms with Crippen LogP contribution in [0.15, 0.2) is 47.4 Å². The SMILES string of the molecule is O=S(=O)(c1ccc(NC(=S)Nc2ccc(F)cc2F)cc1)N1CCOCC1. The summed E-state index contributed by atoms with van der Waals surface area (Å²) in [7, 11) is -3.57. The second kappa shape index (κ2) is 8.26. The molecule has 1 fully saturated rings. The number of morpholine rings is 1. The Morgan fingerprint density at radius 2 is 1.70 bits per heavy atom. The molecule has 1 aliphatic heterocycles. The third-order valence-electron chi connectivity index (χ3n) is 3.90. The Hall–Kier alpha value is -2.14. The minimum absolute atomic E-state index is 0.0282. The van der Waals surface area contributed by atoms with Crippen LogP contribution in [-0.4, -0.2) is 44.1 Å². The summed E-state index contributed by atoms with van der Waals surface area (Å²) in [5.41, 5.74) is 0.552. The minimum atomic E-state index is -3.57. The average Bonchev–Trinajstić information content (AvgIpc) is 2.65. The van der Waals surface area contributed by atoms with Gasteiger partial charge in [-0.2, -0.15) is 4.31 Å². The van der Waals surface area contributed by atoms with E-state index in [0.29, 0.717) is 32.0 Å². The van der Waals surface area contributed by atoms with Crippen LogP contribution in [0.3, 0.4) is 0 Å². The number of hydrogen-bond acceptors (Lipinski definition) is 4. The van der Waals surface area contributed by atoms with Crippen LogP contribution in [-0.2, 0) is 14.8 Å². The average molecular weight is 413 g/mol. The van der Waals surface area contributed by atoms with Crippen molar-refractivity contribution in [1.82, 2.24) is 4.31 Å². The molecular formula is C17H17F2N3O3S2. The number of benzene rings is 2. The van der Waals surface area contributed by atoms with Crippen molar-refractivity contribution in [3.63, 3.8) is 0 Å². The lowest BCUT2D eigenvalue weighted by Gasteiger charge is -2.26. The predicted octanol–water partition coefficient (Wildman–Crippen LogP) is 2.79. The van der Waals surface area contributed by atoms with Gasteiger partial charge >= 0.3 is 0 Å². The molecule has 0 aromatic heterocycles. The zero-order valence-electron chi connectivity index (χ0n) is 14.1. The summed E-state index contributed by atoms with van der Waals surface area (Å²) in [6.45, 7) is 1.39. The molecule has 2 aromatic carbocycles. The molecule has 0 spiro atoms.